The van der Waals surface area contributed by atoms with Crippen molar-refractivity contribution in [3.63, 3.8) is 0 Å². The quantitative estimate of drug-likeness (QED) is 0.236. The zero-order valence-electron chi connectivity index (χ0n) is 28.2. The number of hydrogen-bond donors (Lipinski definition) is 4. The second-order valence-corrected chi connectivity index (χ2v) is 11.6. The van der Waals surface area contributed by atoms with Crippen LogP contribution in [0, 0.1) is 0 Å². The predicted molar refractivity (Wildman–Crippen MR) is 200 cm³/mol. The van der Waals surface area contributed by atoms with E-state index >= 15 is 0 Å². The smallest absolute Gasteiger partial charge is 0.224 e. The molecule has 0 saturated heterocycles. The lowest BCUT2D eigenvalue weighted by atomic mass is 9.96. The van der Waals surface area contributed by atoms with Gasteiger partial charge in [-0.2, -0.15) is 0 Å². The third kappa shape index (κ3) is 7.39. The summed E-state index contributed by atoms with van der Waals surface area (Å²) in [6, 6.07) is 1.68. The first-order valence-electron chi connectivity index (χ1n) is 16.5. The highest BCUT2D eigenvalue weighted by Gasteiger charge is 2.28. The number of carbonyl (C=O) groups is 4. The van der Waals surface area contributed by atoms with Crippen LogP contribution < -0.4 is 21.3 Å². The molecule has 0 saturated carbocycles. The molecule has 5 aliphatic rings. The third-order valence-electron chi connectivity index (χ3n) is 8.01. The van der Waals surface area contributed by atoms with Gasteiger partial charge in [-0.05, 0) is 72.9 Å². The van der Waals surface area contributed by atoms with E-state index in [0.717, 1.165) is 17.1 Å². The predicted octanol–water partition coefficient (Wildman–Crippen LogP) is 6.50. The standard InChI is InChI=1S/C38H36N8O4/c1-5-32(47)43-31-20-29(36(44-33(48)6-2)38(46-35(50)8-4)37(31)45-34(49)7-3)28-18-27-17-25-12-11-23(40-25)15-21-9-10-22(39-21)16-24-13-14-26(41-24)19-30(28)42-27/h9-20H,5-8H2,1-4H3,(H,43,47)(H,44,48)(H,45,49)(H,46,50). The van der Waals surface area contributed by atoms with E-state index in [4.69, 9.17) is 15.0 Å². The van der Waals surface area contributed by atoms with Crippen molar-refractivity contribution in [1.82, 2.24) is 0 Å². The number of benzene rings is 1. The number of nitrogens with one attached hydrogen (secondary N) is 4. The molecule has 0 radical (unpaired) electrons. The van der Waals surface area contributed by atoms with Crippen molar-refractivity contribution in [2.45, 2.75) is 53.4 Å². The highest BCUT2D eigenvalue weighted by molar-refractivity contribution is 6.22. The monoisotopic (exact) mass is 668 g/mol. The van der Waals surface area contributed by atoms with Crippen LogP contribution in [0.3, 0.4) is 0 Å². The van der Waals surface area contributed by atoms with E-state index in [1.165, 1.54) is 0 Å². The van der Waals surface area contributed by atoms with Crippen LogP contribution >= 0.6 is 0 Å². The van der Waals surface area contributed by atoms with Crippen molar-refractivity contribution < 1.29 is 19.2 Å². The Morgan fingerprint density at radius 1 is 0.480 bits per heavy atom. The van der Waals surface area contributed by atoms with Crippen LogP contribution in [-0.2, 0) is 19.2 Å². The van der Waals surface area contributed by atoms with Crippen LogP contribution in [0.2, 0.25) is 0 Å². The average molecular weight is 669 g/mol. The van der Waals surface area contributed by atoms with Gasteiger partial charge in [0.05, 0.1) is 68.4 Å². The first-order valence-corrected chi connectivity index (χ1v) is 16.5. The molecule has 1 aromatic rings. The summed E-state index contributed by atoms with van der Waals surface area (Å²) in [5.74, 6) is -1.36. The lowest BCUT2D eigenvalue weighted by Gasteiger charge is -2.24. The maximum atomic E-state index is 13.1. The summed E-state index contributed by atoms with van der Waals surface area (Å²) in [7, 11) is 0. The first kappa shape index (κ1) is 33.6. The molecule has 6 rings (SSSR count). The van der Waals surface area contributed by atoms with Gasteiger partial charge in [0, 0.05) is 36.8 Å². The Bertz CT molecular complexity index is 2110. The molecule has 252 valence electrons. The van der Waals surface area contributed by atoms with Crippen LogP contribution in [0.25, 0.3) is 5.57 Å². The number of anilines is 4. The zero-order chi connectivity index (χ0) is 35.4. The molecule has 8 bridgehead atoms. The second-order valence-electron chi connectivity index (χ2n) is 11.6. The fourth-order valence-electron chi connectivity index (χ4n) is 5.41. The molecule has 5 aliphatic heterocycles. The molecule has 0 fully saturated rings. The zero-order valence-corrected chi connectivity index (χ0v) is 28.2. The minimum atomic E-state index is -0.362. The van der Waals surface area contributed by atoms with Crippen molar-refractivity contribution in [3.8, 4) is 0 Å². The van der Waals surface area contributed by atoms with Gasteiger partial charge in [0.2, 0.25) is 23.6 Å². The number of hydrogen-bond acceptors (Lipinski definition) is 8. The SMILES string of the molecule is CCC(=O)Nc1cc(C2=CC3=NC2=CC2=NC(=CC4=NC(=CC5=NC(=C3)C=C5)C=C4)C=C2)c(NC(=O)CC)c(NC(=O)CC)c1NC(=O)CC. The molecule has 4 N–H and O–H groups in total. The van der Waals surface area contributed by atoms with E-state index in [1.807, 2.05) is 66.8 Å². The summed E-state index contributed by atoms with van der Waals surface area (Å²) in [5.41, 5.74) is 7.19. The molecule has 0 aliphatic carbocycles. The number of aliphatic imine (C=N–C) groups is 4. The fraction of sp³-hybridized carbons (Fsp3) is 0.211. The van der Waals surface area contributed by atoms with Gasteiger partial charge in [-0.25, -0.2) is 20.0 Å². The van der Waals surface area contributed by atoms with Gasteiger partial charge in [-0.1, -0.05) is 27.7 Å². The Labute approximate surface area is 289 Å². The topological polar surface area (TPSA) is 166 Å². The lowest BCUT2D eigenvalue weighted by Crippen LogP contribution is -2.22. The minimum absolute atomic E-state index is 0.120. The van der Waals surface area contributed by atoms with Crippen molar-refractivity contribution in [2.24, 2.45) is 20.0 Å². The van der Waals surface area contributed by atoms with Crippen molar-refractivity contribution in [3.05, 3.63) is 101 Å². The lowest BCUT2D eigenvalue weighted by molar-refractivity contribution is -0.117. The molecule has 1 aromatic carbocycles. The van der Waals surface area contributed by atoms with Crippen LogP contribution in [0.15, 0.2) is 116 Å². The summed E-state index contributed by atoms with van der Waals surface area (Å²) in [4.78, 5) is 70.9. The van der Waals surface area contributed by atoms with Crippen molar-refractivity contribution >= 4 is 74.8 Å². The van der Waals surface area contributed by atoms with Crippen LogP contribution in [0.5, 0.6) is 0 Å². The first-order chi connectivity index (χ1) is 24.2. The number of fused-ring (bicyclic) bond motifs is 4. The van der Waals surface area contributed by atoms with E-state index in [-0.39, 0.29) is 72.1 Å². The van der Waals surface area contributed by atoms with E-state index in [2.05, 4.69) is 26.3 Å². The molecule has 4 amide bonds. The summed E-state index contributed by atoms with van der Waals surface area (Å²) >= 11 is 0. The van der Waals surface area contributed by atoms with Gasteiger partial charge < -0.3 is 21.3 Å². The summed E-state index contributed by atoms with van der Waals surface area (Å²) < 4.78 is 0. The summed E-state index contributed by atoms with van der Waals surface area (Å²) in [6.07, 6.45) is 21.2. The molecular formula is C38H36N8O4. The molecule has 50 heavy (non-hydrogen) atoms. The maximum absolute atomic E-state index is 13.1. The van der Waals surface area contributed by atoms with E-state index < -0.39 is 0 Å². The van der Waals surface area contributed by atoms with Gasteiger partial charge in [-0.3, -0.25) is 19.2 Å². The second kappa shape index (κ2) is 14.4. The Morgan fingerprint density at radius 3 is 1.44 bits per heavy atom. The molecule has 12 heteroatoms. The van der Waals surface area contributed by atoms with Gasteiger partial charge in [-0.15, -0.1) is 0 Å². The van der Waals surface area contributed by atoms with Crippen LogP contribution in [0.1, 0.15) is 58.9 Å². The summed E-state index contributed by atoms with van der Waals surface area (Å²) in [5, 5.41) is 11.6. The van der Waals surface area contributed by atoms with Gasteiger partial charge in [0.25, 0.3) is 0 Å². The average Bonchev–Trinajstić information content (AvgIpc) is 3.92. The van der Waals surface area contributed by atoms with Gasteiger partial charge in [0.15, 0.2) is 0 Å². The Morgan fingerprint density at radius 2 is 0.920 bits per heavy atom. The van der Waals surface area contributed by atoms with Crippen molar-refractivity contribution in [2.75, 3.05) is 21.3 Å². The largest absolute Gasteiger partial charge is 0.324 e. The molecule has 5 heterocycles. The summed E-state index contributed by atoms with van der Waals surface area (Å²) in [6.45, 7) is 6.80. The minimum Gasteiger partial charge on any atom is -0.324 e. The van der Waals surface area contributed by atoms with E-state index in [9.17, 15) is 19.2 Å². The highest BCUT2D eigenvalue weighted by Crippen LogP contribution is 2.46. The number of rotatable bonds is 9. The fourth-order valence-corrected chi connectivity index (χ4v) is 5.41. The Balaban J connectivity index is 1.60. The van der Waals surface area contributed by atoms with Crippen LogP contribution in [-0.4, -0.2) is 46.5 Å². The third-order valence-corrected chi connectivity index (χ3v) is 8.01. The molecule has 0 spiro atoms. The van der Waals surface area contributed by atoms with Gasteiger partial charge >= 0.3 is 0 Å². The molecule has 0 aromatic heterocycles. The van der Waals surface area contributed by atoms with E-state index in [0.29, 0.717) is 39.7 Å². The Kier molecular flexibility index (Phi) is 9.70. The molecule has 12 nitrogen and oxygen atoms in total. The number of carbonyl (C=O) groups excluding carboxylic acids is 4. The molecule has 0 atom stereocenters. The highest BCUT2D eigenvalue weighted by atomic mass is 16.2. The number of allylic oxidation sites excluding steroid dienone is 12. The molecule has 0 unspecified atom stereocenters. The van der Waals surface area contributed by atoms with Gasteiger partial charge in [0.1, 0.15) is 0 Å². The Hall–Kier alpha value is -6.30. The maximum Gasteiger partial charge on any atom is 0.224 e. The van der Waals surface area contributed by atoms with E-state index in [1.54, 1.807) is 33.8 Å². The van der Waals surface area contributed by atoms with Crippen LogP contribution in [0.4, 0.5) is 22.7 Å². The molecular weight excluding hydrogens is 632 g/mol. The normalized spacial score (nSPS) is 16.7. The van der Waals surface area contributed by atoms with Crippen molar-refractivity contribution in [1.29, 1.82) is 0 Å². The number of nitrogens with zero attached hydrogens (tertiary/aromatic N) is 4. The number of amides is 4.